The summed E-state index contributed by atoms with van der Waals surface area (Å²) < 4.78 is 0. The maximum Gasteiger partial charge on any atom is 0.0377 e. The van der Waals surface area contributed by atoms with Crippen LogP contribution >= 0.6 is 0 Å². The molecule has 7 rings (SSSR count). The van der Waals surface area contributed by atoms with Crippen LogP contribution in [-0.4, -0.2) is 0 Å². The summed E-state index contributed by atoms with van der Waals surface area (Å²) in [5.74, 6) is 11.6. The molecule has 8 bridgehead atoms. The Balaban J connectivity index is 1.78. The Morgan fingerprint density at radius 1 is 0.667 bits per heavy atom. The van der Waals surface area contributed by atoms with Crippen LogP contribution in [0.15, 0.2) is 0 Å². The Morgan fingerprint density at radius 2 is 1.00 bits per heavy atom. The van der Waals surface area contributed by atoms with E-state index >= 15 is 0 Å². The van der Waals surface area contributed by atoms with E-state index in [1.165, 1.54) is 38.5 Å². The van der Waals surface area contributed by atoms with Crippen molar-refractivity contribution in [1.29, 1.82) is 0 Å². The Labute approximate surface area is 110 Å². The molecular weight excluding hydrogens is 216 g/mol. The van der Waals surface area contributed by atoms with Crippen molar-refractivity contribution in [3.05, 3.63) is 0 Å². The molecule has 0 heterocycles. The molecule has 7 saturated carbocycles. The third-order valence-corrected chi connectivity index (χ3v) is 7.76. The van der Waals surface area contributed by atoms with Gasteiger partial charge in [-0.3, -0.25) is 0 Å². The van der Waals surface area contributed by atoms with E-state index in [4.69, 9.17) is 12.8 Å². The van der Waals surface area contributed by atoms with E-state index in [1.54, 1.807) is 0 Å². The zero-order valence-electron chi connectivity index (χ0n) is 10.9. The van der Waals surface area contributed by atoms with Crippen LogP contribution in [0.3, 0.4) is 0 Å². The van der Waals surface area contributed by atoms with E-state index in [0.29, 0.717) is 0 Å². The highest BCUT2D eigenvalue weighted by Gasteiger charge is 2.74. The van der Waals surface area contributed by atoms with E-state index in [0.717, 1.165) is 35.5 Å². The quantitative estimate of drug-likeness (QED) is 0.566. The van der Waals surface area contributed by atoms with Crippen LogP contribution in [0.5, 0.6) is 0 Å². The first-order valence-corrected chi connectivity index (χ1v) is 7.69. The molecule has 18 heavy (non-hydrogen) atoms. The van der Waals surface area contributed by atoms with Gasteiger partial charge in [-0.2, -0.15) is 0 Å². The van der Waals surface area contributed by atoms with E-state index in [9.17, 15) is 0 Å². The molecular formula is C18H20. The lowest BCUT2D eigenvalue weighted by atomic mass is 9.27. The topological polar surface area (TPSA) is 0 Å². The van der Waals surface area contributed by atoms with Gasteiger partial charge >= 0.3 is 0 Å². The van der Waals surface area contributed by atoms with Crippen LogP contribution in [0.1, 0.15) is 38.5 Å². The van der Waals surface area contributed by atoms with Gasteiger partial charge in [0.15, 0.2) is 0 Å². The Hall–Kier alpha value is -0.880. The van der Waals surface area contributed by atoms with Gasteiger partial charge in [-0.25, -0.2) is 0 Å². The van der Waals surface area contributed by atoms with Crippen molar-refractivity contribution in [3.8, 4) is 24.7 Å². The average Bonchev–Trinajstić information content (AvgIpc) is 2.43. The predicted molar refractivity (Wildman–Crippen MR) is 71.2 cm³/mol. The lowest BCUT2D eigenvalue weighted by Gasteiger charge is -2.76. The average molecular weight is 236 g/mol. The van der Waals surface area contributed by atoms with Gasteiger partial charge in [0.1, 0.15) is 0 Å². The van der Waals surface area contributed by atoms with Crippen molar-refractivity contribution in [2.45, 2.75) is 38.5 Å². The molecule has 7 aliphatic carbocycles. The second-order valence-corrected chi connectivity index (χ2v) is 7.88. The lowest BCUT2D eigenvalue weighted by molar-refractivity contribution is -0.258. The minimum absolute atomic E-state index is 0.272. The summed E-state index contributed by atoms with van der Waals surface area (Å²) in [4.78, 5) is 0. The van der Waals surface area contributed by atoms with Gasteiger partial charge in [0.25, 0.3) is 0 Å². The Morgan fingerprint density at radius 3 is 1.28 bits per heavy atom. The molecule has 0 amide bonds. The second kappa shape index (κ2) is 2.67. The highest BCUT2D eigenvalue weighted by molar-refractivity contribution is 5.34. The molecule has 7 fully saturated rings. The molecule has 0 nitrogen and oxygen atoms in total. The molecule has 92 valence electrons. The molecule has 0 aromatic carbocycles. The van der Waals surface area contributed by atoms with Crippen molar-refractivity contribution < 1.29 is 0 Å². The van der Waals surface area contributed by atoms with E-state index in [2.05, 4.69) is 11.8 Å². The molecule has 0 aromatic heterocycles. The summed E-state index contributed by atoms with van der Waals surface area (Å²) in [6, 6.07) is 0. The molecule has 0 aliphatic heterocycles. The normalized spacial score (nSPS) is 65.9. The van der Waals surface area contributed by atoms with Gasteiger partial charge in [-0.05, 0) is 74.0 Å². The molecule has 0 saturated heterocycles. The first kappa shape index (κ1) is 9.97. The minimum atomic E-state index is 0.272. The fourth-order valence-corrected chi connectivity index (χ4v) is 7.55. The summed E-state index contributed by atoms with van der Waals surface area (Å²) in [7, 11) is 0. The second-order valence-electron chi connectivity index (χ2n) is 7.88. The molecule has 7 aliphatic rings. The van der Waals surface area contributed by atoms with E-state index in [1.807, 2.05) is 0 Å². The Bertz CT molecular complexity index is 441. The van der Waals surface area contributed by atoms with Crippen LogP contribution < -0.4 is 0 Å². The molecule has 0 aromatic rings. The molecule has 0 N–H and O–H groups in total. The maximum absolute atomic E-state index is 6.06. The van der Waals surface area contributed by atoms with Gasteiger partial charge in [-0.15, -0.1) is 12.8 Å². The van der Waals surface area contributed by atoms with Gasteiger partial charge in [0, 0.05) is 10.8 Å². The number of hydrogen-bond donors (Lipinski definition) is 0. The lowest BCUT2D eigenvalue weighted by Crippen LogP contribution is -2.71. The summed E-state index contributed by atoms with van der Waals surface area (Å²) in [5, 5.41) is 0. The summed E-state index contributed by atoms with van der Waals surface area (Å²) in [6.07, 6.45) is 20.4. The Kier molecular flexibility index (Phi) is 1.48. The molecule has 8 atom stereocenters. The number of rotatable bonds is 0. The highest BCUT2D eigenvalue weighted by Crippen LogP contribution is 2.79. The van der Waals surface area contributed by atoms with Crippen molar-refractivity contribution in [3.63, 3.8) is 0 Å². The standard InChI is InChI=1S/C18H20/c1-3-17-9-11-7-15-13(17)5-12-6-14(17)16(8-11)18(15,4-2)10-12/h1-2,11-16H,5-10H2/t11?,12?,13-,14+,15-,16+,17?,18?. The van der Waals surface area contributed by atoms with E-state index in [-0.39, 0.29) is 10.8 Å². The van der Waals surface area contributed by atoms with Crippen molar-refractivity contribution >= 4 is 0 Å². The fraction of sp³-hybridized carbons (Fsp3) is 0.778. The number of hydrogen-bond acceptors (Lipinski definition) is 0. The third-order valence-electron chi connectivity index (χ3n) is 7.76. The highest BCUT2D eigenvalue weighted by atomic mass is 14.8. The fourth-order valence-electron chi connectivity index (χ4n) is 7.55. The smallest absolute Gasteiger partial charge is 0.0377 e. The molecule has 0 radical (unpaired) electrons. The van der Waals surface area contributed by atoms with Crippen molar-refractivity contribution in [2.24, 2.45) is 46.3 Å². The zero-order valence-corrected chi connectivity index (χ0v) is 10.9. The maximum atomic E-state index is 6.06. The minimum Gasteiger partial charge on any atom is -0.119 e. The monoisotopic (exact) mass is 236 g/mol. The van der Waals surface area contributed by atoms with Gasteiger partial charge in [-0.1, -0.05) is 11.8 Å². The van der Waals surface area contributed by atoms with Crippen LogP contribution in [-0.2, 0) is 0 Å². The largest absolute Gasteiger partial charge is 0.119 e. The first-order chi connectivity index (χ1) is 8.73. The van der Waals surface area contributed by atoms with Crippen molar-refractivity contribution in [1.82, 2.24) is 0 Å². The van der Waals surface area contributed by atoms with Gasteiger partial charge in [0.2, 0.25) is 0 Å². The van der Waals surface area contributed by atoms with Crippen LogP contribution in [0.25, 0.3) is 0 Å². The zero-order chi connectivity index (χ0) is 12.1. The van der Waals surface area contributed by atoms with E-state index < -0.39 is 0 Å². The summed E-state index contributed by atoms with van der Waals surface area (Å²) in [5.41, 5.74) is 0.543. The predicted octanol–water partition coefficient (Wildman–Crippen LogP) is 3.33. The summed E-state index contributed by atoms with van der Waals surface area (Å²) >= 11 is 0. The molecule has 4 unspecified atom stereocenters. The van der Waals surface area contributed by atoms with Crippen LogP contribution in [0.2, 0.25) is 0 Å². The molecule has 0 spiro atoms. The van der Waals surface area contributed by atoms with Gasteiger partial charge in [0.05, 0.1) is 0 Å². The van der Waals surface area contributed by atoms with Gasteiger partial charge < -0.3 is 0 Å². The summed E-state index contributed by atoms with van der Waals surface area (Å²) in [6.45, 7) is 0. The van der Waals surface area contributed by atoms with Crippen molar-refractivity contribution in [2.75, 3.05) is 0 Å². The molecule has 0 heteroatoms. The van der Waals surface area contributed by atoms with Crippen LogP contribution in [0.4, 0.5) is 0 Å². The van der Waals surface area contributed by atoms with Crippen LogP contribution in [0, 0.1) is 71.0 Å². The SMILES string of the molecule is C#CC12CC3C[C@@H]4[C@H]1CC1C[C@H]2[C@H](C3)C4(C#C)C1. The number of terminal acetylenes is 2. The third kappa shape index (κ3) is 0.757. The first-order valence-electron chi connectivity index (χ1n) is 7.69.